The van der Waals surface area contributed by atoms with E-state index in [1.807, 2.05) is 55.5 Å². The molecule has 0 radical (unpaired) electrons. The summed E-state index contributed by atoms with van der Waals surface area (Å²) < 4.78 is 12.7. The molecule has 1 N–H and O–H groups in total. The van der Waals surface area contributed by atoms with Gasteiger partial charge in [0.2, 0.25) is 0 Å². The van der Waals surface area contributed by atoms with Crippen LogP contribution >= 0.6 is 0 Å². The lowest BCUT2D eigenvalue weighted by Crippen LogP contribution is -2.20. The second-order valence-corrected chi connectivity index (χ2v) is 7.57. The van der Waals surface area contributed by atoms with Crippen LogP contribution in [-0.2, 0) is 4.79 Å². The summed E-state index contributed by atoms with van der Waals surface area (Å²) in [6, 6.07) is 22.1. The average Bonchev–Trinajstić information content (AvgIpc) is 3.32. The second-order valence-electron chi connectivity index (χ2n) is 7.57. The number of benzene rings is 2. The first-order valence-corrected chi connectivity index (χ1v) is 11.1. The van der Waals surface area contributed by atoms with Crippen molar-refractivity contribution in [3.05, 3.63) is 85.2 Å². The summed E-state index contributed by atoms with van der Waals surface area (Å²) in [4.78, 5) is 16.5. The Morgan fingerprint density at radius 2 is 1.66 bits per heavy atom. The summed E-state index contributed by atoms with van der Waals surface area (Å²) in [5.74, 6) is 1.71. The largest absolute Gasteiger partial charge is 0.494 e. The third-order valence-electron chi connectivity index (χ3n) is 5.15. The van der Waals surface area contributed by atoms with E-state index in [-0.39, 0.29) is 12.5 Å². The number of aromatic nitrogens is 5. The standard InChI is InChI=1S/C26H22N6O3/c1-2-34-21-6-8-22(9-7-21)35-17-25(33)28-20-5-3-4-19(16-20)23-10-11-24-29-30-26(32(24)31-23)18-12-14-27-15-13-18/h3-16H,2,17H2,1H3,(H,28,33). The van der Waals surface area contributed by atoms with Crippen molar-refractivity contribution in [2.24, 2.45) is 0 Å². The molecular formula is C26H22N6O3. The molecule has 3 aromatic heterocycles. The number of carbonyl (C=O) groups is 1. The first-order valence-electron chi connectivity index (χ1n) is 11.1. The minimum atomic E-state index is -0.266. The first-order chi connectivity index (χ1) is 17.2. The molecule has 9 nitrogen and oxygen atoms in total. The van der Waals surface area contributed by atoms with Gasteiger partial charge in [0.15, 0.2) is 18.1 Å². The minimum Gasteiger partial charge on any atom is -0.494 e. The maximum atomic E-state index is 12.4. The van der Waals surface area contributed by atoms with Gasteiger partial charge in [0, 0.05) is 29.2 Å². The van der Waals surface area contributed by atoms with Crippen molar-refractivity contribution >= 4 is 17.2 Å². The van der Waals surface area contributed by atoms with Crippen molar-refractivity contribution in [2.45, 2.75) is 6.92 Å². The van der Waals surface area contributed by atoms with E-state index in [0.717, 1.165) is 16.9 Å². The lowest BCUT2D eigenvalue weighted by Gasteiger charge is -2.10. The fraction of sp³-hybridized carbons (Fsp3) is 0.115. The smallest absolute Gasteiger partial charge is 0.262 e. The molecule has 0 saturated heterocycles. The molecule has 5 rings (SSSR count). The van der Waals surface area contributed by atoms with Gasteiger partial charge in [-0.3, -0.25) is 9.78 Å². The summed E-state index contributed by atoms with van der Waals surface area (Å²) in [5, 5.41) is 16.1. The van der Waals surface area contributed by atoms with E-state index in [9.17, 15) is 4.79 Å². The average molecular weight is 467 g/mol. The number of amides is 1. The number of nitrogens with one attached hydrogen (secondary N) is 1. The Morgan fingerprint density at radius 3 is 2.43 bits per heavy atom. The molecule has 35 heavy (non-hydrogen) atoms. The van der Waals surface area contributed by atoms with Crippen molar-refractivity contribution in [2.75, 3.05) is 18.5 Å². The predicted molar refractivity (Wildman–Crippen MR) is 131 cm³/mol. The zero-order valence-corrected chi connectivity index (χ0v) is 19.0. The van der Waals surface area contributed by atoms with Gasteiger partial charge >= 0.3 is 0 Å². The third kappa shape index (κ3) is 5.09. The molecule has 1 amide bonds. The molecule has 0 bridgehead atoms. The zero-order chi connectivity index (χ0) is 24.0. The molecule has 0 aliphatic rings. The van der Waals surface area contributed by atoms with Crippen molar-refractivity contribution < 1.29 is 14.3 Å². The molecule has 0 saturated carbocycles. The SMILES string of the molecule is CCOc1ccc(OCC(=O)Nc2cccc(-c3ccc4nnc(-c5ccncc5)n4n3)c2)cc1. The van der Waals surface area contributed by atoms with Crippen LogP contribution in [0.25, 0.3) is 28.3 Å². The number of pyridine rings is 1. The summed E-state index contributed by atoms with van der Waals surface area (Å²) in [7, 11) is 0. The lowest BCUT2D eigenvalue weighted by atomic mass is 10.1. The summed E-state index contributed by atoms with van der Waals surface area (Å²) >= 11 is 0. The number of hydrogen-bond acceptors (Lipinski definition) is 7. The Balaban J connectivity index is 1.29. The molecule has 0 aliphatic heterocycles. The van der Waals surface area contributed by atoms with E-state index in [1.54, 1.807) is 41.2 Å². The van der Waals surface area contributed by atoms with Crippen LogP contribution in [0.2, 0.25) is 0 Å². The molecule has 0 unspecified atom stereocenters. The van der Waals surface area contributed by atoms with Crippen molar-refractivity contribution in [3.8, 4) is 34.1 Å². The fourth-order valence-corrected chi connectivity index (χ4v) is 3.52. The van der Waals surface area contributed by atoms with Crippen LogP contribution < -0.4 is 14.8 Å². The molecule has 9 heteroatoms. The Kier molecular flexibility index (Phi) is 6.29. The number of carbonyl (C=O) groups excluding carboxylic acids is 1. The molecular weight excluding hydrogens is 444 g/mol. The van der Waals surface area contributed by atoms with Gasteiger partial charge in [-0.05, 0) is 67.6 Å². The minimum absolute atomic E-state index is 0.113. The monoisotopic (exact) mass is 466 g/mol. The summed E-state index contributed by atoms with van der Waals surface area (Å²) in [6.45, 7) is 2.40. The van der Waals surface area contributed by atoms with Crippen LogP contribution in [0.5, 0.6) is 11.5 Å². The van der Waals surface area contributed by atoms with Gasteiger partial charge in [-0.1, -0.05) is 12.1 Å². The highest BCUT2D eigenvalue weighted by molar-refractivity contribution is 5.92. The molecule has 174 valence electrons. The lowest BCUT2D eigenvalue weighted by molar-refractivity contribution is -0.118. The highest BCUT2D eigenvalue weighted by Gasteiger charge is 2.11. The Morgan fingerprint density at radius 1 is 0.886 bits per heavy atom. The topological polar surface area (TPSA) is 104 Å². The predicted octanol–water partition coefficient (Wildman–Crippen LogP) is 4.27. The van der Waals surface area contributed by atoms with E-state index >= 15 is 0 Å². The van der Waals surface area contributed by atoms with Crippen LogP contribution in [0.3, 0.4) is 0 Å². The van der Waals surface area contributed by atoms with Crippen LogP contribution in [0.4, 0.5) is 5.69 Å². The summed E-state index contributed by atoms with van der Waals surface area (Å²) in [5.41, 5.74) is 3.70. The van der Waals surface area contributed by atoms with Gasteiger partial charge in [0.25, 0.3) is 5.91 Å². The normalized spacial score (nSPS) is 10.8. The number of ether oxygens (including phenoxy) is 2. The highest BCUT2D eigenvalue weighted by Crippen LogP contribution is 2.23. The fourth-order valence-electron chi connectivity index (χ4n) is 3.52. The van der Waals surface area contributed by atoms with Crippen LogP contribution in [-0.4, -0.2) is 43.9 Å². The molecule has 0 fully saturated rings. The maximum Gasteiger partial charge on any atom is 0.262 e. The van der Waals surface area contributed by atoms with Gasteiger partial charge < -0.3 is 14.8 Å². The van der Waals surface area contributed by atoms with E-state index < -0.39 is 0 Å². The molecule has 2 aromatic carbocycles. The van der Waals surface area contributed by atoms with Crippen LogP contribution in [0, 0.1) is 0 Å². The first kappa shape index (κ1) is 22.0. The van der Waals surface area contributed by atoms with Crippen LogP contribution in [0.15, 0.2) is 85.2 Å². The Hall–Kier alpha value is -4.79. The Labute approximate surface area is 201 Å². The number of nitrogens with zero attached hydrogens (tertiary/aromatic N) is 5. The number of rotatable bonds is 8. The summed E-state index contributed by atoms with van der Waals surface area (Å²) in [6.07, 6.45) is 3.40. The van der Waals surface area contributed by atoms with E-state index in [4.69, 9.17) is 14.6 Å². The zero-order valence-electron chi connectivity index (χ0n) is 19.0. The van der Waals surface area contributed by atoms with Gasteiger partial charge in [-0.15, -0.1) is 10.2 Å². The quantitative estimate of drug-likeness (QED) is 0.364. The molecule has 0 spiro atoms. The van der Waals surface area contributed by atoms with E-state index in [0.29, 0.717) is 35.2 Å². The van der Waals surface area contributed by atoms with E-state index in [2.05, 4.69) is 20.5 Å². The molecule has 0 aliphatic carbocycles. The molecule has 0 atom stereocenters. The van der Waals surface area contributed by atoms with Gasteiger partial charge in [0.05, 0.1) is 12.3 Å². The Bertz CT molecular complexity index is 1450. The van der Waals surface area contributed by atoms with Crippen molar-refractivity contribution in [3.63, 3.8) is 0 Å². The number of hydrogen-bond donors (Lipinski definition) is 1. The van der Waals surface area contributed by atoms with Gasteiger partial charge in [-0.2, -0.15) is 9.61 Å². The van der Waals surface area contributed by atoms with Crippen LogP contribution in [0.1, 0.15) is 6.92 Å². The third-order valence-corrected chi connectivity index (χ3v) is 5.15. The number of fused-ring (bicyclic) bond motifs is 1. The molecule has 3 heterocycles. The van der Waals surface area contributed by atoms with E-state index in [1.165, 1.54) is 0 Å². The van der Waals surface area contributed by atoms with Gasteiger partial charge in [-0.25, -0.2) is 0 Å². The maximum absolute atomic E-state index is 12.4. The van der Waals surface area contributed by atoms with Crippen molar-refractivity contribution in [1.29, 1.82) is 0 Å². The van der Waals surface area contributed by atoms with Crippen molar-refractivity contribution in [1.82, 2.24) is 24.8 Å². The van der Waals surface area contributed by atoms with Gasteiger partial charge in [0.1, 0.15) is 11.5 Å². The highest BCUT2D eigenvalue weighted by atomic mass is 16.5. The number of anilines is 1. The molecule has 5 aromatic rings. The second kappa shape index (κ2) is 10.0.